The number of esters is 2. The summed E-state index contributed by atoms with van der Waals surface area (Å²) < 4.78 is 15.5. The average Bonchev–Trinajstić information content (AvgIpc) is 3.37. The summed E-state index contributed by atoms with van der Waals surface area (Å²) in [6.07, 6.45) is 3.23. The number of hydrogen-bond donors (Lipinski definition) is 1. The maximum absolute atomic E-state index is 12.3. The number of carbonyl (C=O) groups excluding carboxylic acids is 3. The van der Waals surface area contributed by atoms with Gasteiger partial charge in [-0.05, 0) is 61.4 Å². The molecule has 1 aliphatic carbocycles. The van der Waals surface area contributed by atoms with Crippen molar-refractivity contribution < 1.29 is 28.6 Å². The van der Waals surface area contributed by atoms with Crippen molar-refractivity contribution in [2.75, 3.05) is 25.1 Å². The van der Waals surface area contributed by atoms with E-state index in [4.69, 9.17) is 14.2 Å². The second-order valence-corrected chi connectivity index (χ2v) is 8.63. The van der Waals surface area contributed by atoms with Gasteiger partial charge in [-0.15, -0.1) is 11.3 Å². The molecule has 166 valence electrons. The lowest BCUT2D eigenvalue weighted by molar-refractivity contribution is -0.149. The van der Waals surface area contributed by atoms with Crippen LogP contribution in [0.2, 0.25) is 0 Å². The SMILES string of the molecule is CCOC(=O)c1cc(C(C)C)sc1NC(=O)COC(=O)COc1ccc2c(c1)CCC2. The maximum atomic E-state index is 12.3. The number of thiophene rings is 1. The van der Waals surface area contributed by atoms with Crippen LogP contribution in [0.15, 0.2) is 24.3 Å². The topological polar surface area (TPSA) is 90.9 Å². The average molecular weight is 446 g/mol. The molecule has 8 heteroatoms. The Kier molecular flexibility index (Phi) is 7.68. The van der Waals surface area contributed by atoms with Gasteiger partial charge in [0.25, 0.3) is 5.91 Å². The smallest absolute Gasteiger partial charge is 0.344 e. The molecule has 2 aromatic rings. The van der Waals surface area contributed by atoms with Crippen molar-refractivity contribution in [3.05, 3.63) is 45.8 Å². The van der Waals surface area contributed by atoms with Gasteiger partial charge in [0.2, 0.25) is 0 Å². The lowest BCUT2D eigenvalue weighted by Crippen LogP contribution is -2.24. The molecule has 1 aromatic carbocycles. The standard InChI is InChI=1S/C23H27NO6S/c1-4-28-23(27)18-11-19(14(2)3)31-22(18)24-20(25)12-30-21(26)13-29-17-9-8-15-6-5-7-16(15)10-17/h8-11,14H,4-7,12-13H2,1-3H3,(H,24,25). The summed E-state index contributed by atoms with van der Waals surface area (Å²) in [5.74, 6) is -0.872. The quantitative estimate of drug-likeness (QED) is 0.585. The first-order chi connectivity index (χ1) is 14.9. The molecular weight excluding hydrogens is 418 g/mol. The normalized spacial score (nSPS) is 12.4. The molecule has 1 heterocycles. The van der Waals surface area contributed by atoms with Crippen LogP contribution in [-0.4, -0.2) is 37.7 Å². The van der Waals surface area contributed by atoms with E-state index >= 15 is 0 Å². The minimum Gasteiger partial charge on any atom is -0.482 e. The monoisotopic (exact) mass is 445 g/mol. The number of fused-ring (bicyclic) bond motifs is 1. The van der Waals surface area contributed by atoms with Crippen molar-refractivity contribution in [3.8, 4) is 5.75 Å². The van der Waals surface area contributed by atoms with Gasteiger partial charge in [0, 0.05) is 4.88 Å². The van der Waals surface area contributed by atoms with Crippen molar-refractivity contribution in [3.63, 3.8) is 0 Å². The molecule has 1 aliphatic rings. The zero-order valence-corrected chi connectivity index (χ0v) is 18.8. The second-order valence-electron chi connectivity index (χ2n) is 7.55. The number of nitrogens with one attached hydrogen (secondary N) is 1. The van der Waals surface area contributed by atoms with E-state index in [9.17, 15) is 14.4 Å². The van der Waals surface area contributed by atoms with Gasteiger partial charge in [0.1, 0.15) is 10.8 Å². The molecule has 0 fully saturated rings. The summed E-state index contributed by atoms with van der Waals surface area (Å²) in [5.41, 5.74) is 2.87. The van der Waals surface area contributed by atoms with Gasteiger partial charge in [0.05, 0.1) is 12.2 Å². The lowest BCUT2D eigenvalue weighted by Gasteiger charge is -2.09. The highest BCUT2D eigenvalue weighted by molar-refractivity contribution is 7.16. The third-order valence-electron chi connectivity index (χ3n) is 4.86. The number of hydrogen-bond acceptors (Lipinski definition) is 7. The van der Waals surface area contributed by atoms with Crippen molar-refractivity contribution in [1.29, 1.82) is 0 Å². The Morgan fingerprint density at radius 1 is 1.06 bits per heavy atom. The van der Waals surface area contributed by atoms with E-state index in [-0.39, 0.29) is 19.1 Å². The number of anilines is 1. The summed E-state index contributed by atoms with van der Waals surface area (Å²) in [5, 5.41) is 3.03. The number of aryl methyl sites for hydroxylation is 2. The Morgan fingerprint density at radius 3 is 2.58 bits per heavy atom. The van der Waals surface area contributed by atoms with Crippen LogP contribution in [0.4, 0.5) is 5.00 Å². The highest BCUT2D eigenvalue weighted by Gasteiger charge is 2.21. The molecule has 31 heavy (non-hydrogen) atoms. The molecular formula is C23H27NO6S. The van der Waals surface area contributed by atoms with Gasteiger partial charge in [0.15, 0.2) is 13.2 Å². The fourth-order valence-electron chi connectivity index (χ4n) is 3.28. The van der Waals surface area contributed by atoms with Gasteiger partial charge in [-0.3, -0.25) is 4.79 Å². The Balaban J connectivity index is 1.50. The lowest BCUT2D eigenvalue weighted by atomic mass is 10.1. The van der Waals surface area contributed by atoms with Gasteiger partial charge >= 0.3 is 11.9 Å². The third kappa shape index (κ3) is 6.07. The van der Waals surface area contributed by atoms with E-state index in [1.165, 1.54) is 22.5 Å². The second kappa shape index (κ2) is 10.4. The summed E-state index contributed by atoms with van der Waals surface area (Å²) in [6, 6.07) is 7.52. The predicted octanol–water partition coefficient (Wildman–Crippen LogP) is 4.10. The molecule has 0 aliphatic heterocycles. The van der Waals surface area contributed by atoms with Gasteiger partial charge in [-0.1, -0.05) is 19.9 Å². The summed E-state index contributed by atoms with van der Waals surface area (Å²) in [7, 11) is 0. The van der Waals surface area contributed by atoms with E-state index in [0.717, 1.165) is 24.1 Å². The Hall–Kier alpha value is -2.87. The molecule has 0 radical (unpaired) electrons. The van der Waals surface area contributed by atoms with Crippen LogP contribution in [0, 0.1) is 0 Å². The van der Waals surface area contributed by atoms with E-state index in [1.54, 1.807) is 13.0 Å². The number of rotatable bonds is 9. The van der Waals surface area contributed by atoms with Crippen LogP contribution in [0.1, 0.15) is 59.5 Å². The summed E-state index contributed by atoms with van der Waals surface area (Å²) >= 11 is 1.30. The largest absolute Gasteiger partial charge is 0.482 e. The third-order valence-corrected chi connectivity index (χ3v) is 6.21. The van der Waals surface area contributed by atoms with Crippen LogP contribution in [0.25, 0.3) is 0 Å². The first-order valence-electron chi connectivity index (χ1n) is 10.4. The molecule has 0 saturated heterocycles. The van der Waals surface area contributed by atoms with Crippen LogP contribution >= 0.6 is 11.3 Å². The zero-order valence-electron chi connectivity index (χ0n) is 18.0. The fourth-order valence-corrected chi connectivity index (χ4v) is 4.34. The molecule has 0 bridgehead atoms. The van der Waals surface area contributed by atoms with Crippen molar-refractivity contribution in [2.24, 2.45) is 0 Å². The highest BCUT2D eigenvalue weighted by Crippen LogP contribution is 2.33. The van der Waals surface area contributed by atoms with Gasteiger partial charge in [-0.25, -0.2) is 9.59 Å². The summed E-state index contributed by atoms with van der Waals surface area (Å²) in [6.45, 7) is 5.20. The molecule has 0 spiro atoms. The molecule has 3 rings (SSSR count). The number of benzene rings is 1. The predicted molar refractivity (Wildman–Crippen MR) is 118 cm³/mol. The van der Waals surface area contributed by atoms with Crippen LogP contribution in [0.5, 0.6) is 5.75 Å². The van der Waals surface area contributed by atoms with Gasteiger partial charge in [-0.2, -0.15) is 0 Å². The number of carbonyl (C=O) groups is 3. The first-order valence-corrected chi connectivity index (χ1v) is 11.2. The molecule has 0 saturated carbocycles. The van der Waals surface area contributed by atoms with Gasteiger partial charge < -0.3 is 19.5 Å². The molecule has 1 amide bonds. The van der Waals surface area contributed by atoms with Crippen molar-refractivity contribution >= 4 is 34.2 Å². The van der Waals surface area contributed by atoms with E-state index < -0.39 is 24.5 Å². The molecule has 1 aromatic heterocycles. The summed E-state index contributed by atoms with van der Waals surface area (Å²) in [4.78, 5) is 37.3. The van der Waals surface area contributed by atoms with Crippen LogP contribution < -0.4 is 10.1 Å². The maximum Gasteiger partial charge on any atom is 0.344 e. The first kappa shape index (κ1) is 22.8. The molecule has 7 nitrogen and oxygen atoms in total. The number of ether oxygens (including phenoxy) is 3. The Bertz CT molecular complexity index is 965. The van der Waals surface area contributed by atoms with E-state index in [2.05, 4.69) is 5.32 Å². The molecule has 1 N–H and O–H groups in total. The number of amides is 1. The zero-order chi connectivity index (χ0) is 22.4. The van der Waals surface area contributed by atoms with Crippen molar-refractivity contribution in [1.82, 2.24) is 0 Å². The highest BCUT2D eigenvalue weighted by atomic mass is 32.1. The Morgan fingerprint density at radius 2 is 1.84 bits per heavy atom. The Labute approximate surface area is 185 Å². The van der Waals surface area contributed by atoms with E-state index in [1.807, 2.05) is 32.0 Å². The van der Waals surface area contributed by atoms with Crippen molar-refractivity contribution in [2.45, 2.75) is 46.0 Å². The van der Waals surface area contributed by atoms with E-state index in [0.29, 0.717) is 16.3 Å². The molecule has 0 unspecified atom stereocenters. The minimum atomic E-state index is -0.643. The van der Waals surface area contributed by atoms with Crippen LogP contribution in [-0.2, 0) is 31.9 Å². The fraction of sp³-hybridized carbons (Fsp3) is 0.435. The van der Waals surface area contributed by atoms with Crippen LogP contribution in [0.3, 0.4) is 0 Å². The minimum absolute atomic E-state index is 0.193. The molecule has 0 atom stereocenters.